The molecule has 2 aromatic rings. The zero-order valence-corrected chi connectivity index (χ0v) is 12.9. The van der Waals surface area contributed by atoms with Crippen molar-refractivity contribution in [1.82, 2.24) is 14.9 Å². The van der Waals surface area contributed by atoms with Crippen molar-refractivity contribution >= 4 is 11.3 Å². The summed E-state index contributed by atoms with van der Waals surface area (Å²) in [5.41, 5.74) is 0. The topological polar surface area (TPSA) is 29.9 Å². The van der Waals surface area contributed by atoms with Crippen molar-refractivity contribution in [1.29, 1.82) is 0 Å². The number of thiophene rings is 1. The second-order valence-electron chi connectivity index (χ2n) is 5.59. The van der Waals surface area contributed by atoms with Gasteiger partial charge in [-0.1, -0.05) is 31.7 Å². The van der Waals surface area contributed by atoms with Gasteiger partial charge in [0.05, 0.1) is 10.9 Å². The second kappa shape index (κ2) is 6.55. The summed E-state index contributed by atoms with van der Waals surface area (Å²) in [5, 5.41) is 5.66. The van der Waals surface area contributed by atoms with Crippen molar-refractivity contribution in [2.24, 2.45) is 0 Å². The van der Waals surface area contributed by atoms with Crippen molar-refractivity contribution in [3.05, 3.63) is 29.9 Å². The first-order valence-electron chi connectivity index (χ1n) is 7.64. The zero-order chi connectivity index (χ0) is 13.8. The number of likely N-dealkylation sites (N-methyl/N-ethyl adjacent to an activating group) is 1. The maximum absolute atomic E-state index is 4.60. The summed E-state index contributed by atoms with van der Waals surface area (Å²) >= 11 is 1.77. The lowest BCUT2D eigenvalue weighted by Gasteiger charge is -2.31. The summed E-state index contributed by atoms with van der Waals surface area (Å²) in [6, 6.07) is 5.36. The van der Waals surface area contributed by atoms with Gasteiger partial charge >= 0.3 is 0 Å². The van der Waals surface area contributed by atoms with E-state index in [0.29, 0.717) is 12.1 Å². The molecule has 0 radical (unpaired) electrons. The number of imidazole rings is 1. The average Bonchev–Trinajstić information content (AvgIpc) is 3.09. The Bertz CT molecular complexity index is 518. The van der Waals surface area contributed by atoms with E-state index in [9.17, 15) is 0 Å². The summed E-state index contributed by atoms with van der Waals surface area (Å²) in [6.45, 7) is 0. The summed E-state index contributed by atoms with van der Waals surface area (Å²) < 4.78 is 2.40. The Morgan fingerprint density at radius 2 is 2.10 bits per heavy atom. The van der Waals surface area contributed by atoms with E-state index in [-0.39, 0.29) is 0 Å². The van der Waals surface area contributed by atoms with Crippen molar-refractivity contribution in [2.75, 3.05) is 7.05 Å². The maximum atomic E-state index is 4.60. The van der Waals surface area contributed by atoms with Crippen LogP contribution in [0.1, 0.15) is 44.6 Å². The van der Waals surface area contributed by atoms with Gasteiger partial charge in [0.15, 0.2) is 0 Å². The van der Waals surface area contributed by atoms with Gasteiger partial charge in [-0.15, -0.1) is 11.3 Å². The molecule has 1 aliphatic rings. The molecule has 0 bridgehead atoms. The third kappa shape index (κ3) is 2.81. The van der Waals surface area contributed by atoms with Crippen LogP contribution in [0.4, 0.5) is 0 Å². The fourth-order valence-corrected chi connectivity index (χ4v) is 4.04. The van der Waals surface area contributed by atoms with Gasteiger partial charge in [0.2, 0.25) is 0 Å². The van der Waals surface area contributed by atoms with Crippen LogP contribution in [0.15, 0.2) is 29.9 Å². The lowest BCUT2D eigenvalue weighted by molar-refractivity contribution is 0.297. The number of hydrogen-bond donors (Lipinski definition) is 1. The molecule has 1 N–H and O–H groups in total. The largest absolute Gasteiger partial charge is 0.326 e. The predicted molar refractivity (Wildman–Crippen MR) is 85.1 cm³/mol. The molecule has 2 unspecified atom stereocenters. The predicted octanol–water partition coefficient (Wildman–Crippen LogP) is 4.09. The Labute approximate surface area is 125 Å². The molecule has 2 aromatic heterocycles. The van der Waals surface area contributed by atoms with Crippen molar-refractivity contribution in [3.8, 4) is 10.7 Å². The third-order valence-electron chi connectivity index (χ3n) is 4.37. The van der Waals surface area contributed by atoms with Crippen LogP contribution in [0, 0.1) is 0 Å². The minimum Gasteiger partial charge on any atom is -0.326 e. The Balaban J connectivity index is 1.91. The van der Waals surface area contributed by atoms with Crippen LogP contribution in [0.25, 0.3) is 10.7 Å². The molecule has 2 atom stereocenters. The molecule has 0 amide bonds. The van der Waals surface area contributed by atoms with Crippen molar-refractivity contribution < 1.29 is 0 Å². The van der Waals surface area contributed by atoms with Crippen LogP contribution >= 0.6 is 11.3 Å². The highest BCUT2D eigenvalue weighted by Gasteiger charge is 2.25. The minimum atomic E-state index is 0.528. The molecule has 2 heterocycles. The highest BCUT2D eigenvalue weighted by molar-refractivity contribution is 7.13. The third-order valence-corrected chi connectivity index (χ3v) is 5.23. The molecule has 1 saturated carbocycles. The number of rotatable bonds is 3. The highest BCUT2D eigenvalue weighted by atomic mass is 32.1. The Kier molecular flexibility index (Phi) is 4.53. The first-order chi connectivity index (χ1) is 9.90. The van der Waals surface area contributed by atoms with Gasteiger partial charge in [0, 0.05) is 18.4 Å². The molecule has 0 aliphatic heterocycles. The molecule has 0 spiro atoms. The van der Waals surface area contributed by atoms with E-state index >= 15 is 0 Å². The number of nitrogens with one attached hydrogen (secondary N) is 1. The molecular formula is C16H23N3S. The summed E-state index contributed by atoms with van der Waals surface area (Å²) in [6.07, 6.45) is 12.0. The summed E-state index contributed by atoms with van der Waals surface area (Å²) in [4.78, 5) is 5.87. The molecular weight excluding hydrogens is 266 g/mol. The van der Waals surface area contributed by atoms with Crippen LogP contribution in [-0.2, 0) is 0 Å². The van der Waals surface area contributed by atoms with Gasteiger partial charge in [-0.25, -0.2) is 4.98 Å². The van der Waals surface area contributed by atoms with Crippen molar-refractivity contribution in [2.45, 2.75) is 50.6 Å². The van der Waals surface area contributed by atoms with Crippen LogP contribution < -0.4 is 5.32 Å². The molecule has 3 rings (SSSR count). The molecule has 1 aliphatic carbocycles. The van der Waals surface area contributed by atoms with E-state index in [0.717, 1.165) is 5.82 Å². The first-order valence-corrected chi connectivity index (χ1v) is 8.52. The number of nitrogens with zero attached hydrogens (tertiary/aromatic N) is 2. The molecule has 0 aromatic carbocycles. The fourth-order valence-electron chi connectivity index (χ4n) is 3.31. The average molecular weight is 289 g/mol. The van der Waals surface area contributed by atoms with E-state index < -0.39 is 0 Å². The van der Waals surface area contributed by atoms with Gasteiger partial charge in [0.1, 0.15) is 5.82 Å². The van der Waals surface area contributed by atoms with Gasteiger partial charge in [0.25, 0.3) is 0 Å². The lowest BCUT2D eigenvalue weighted by atomic mass is 9.92. The van der Waals surface area contributed by atoms with Crippen molar-refractivity contribution in [3.63, 3.8) is 0 Å². The smallest absolute Gasteiger partial charge is 0.150 e. The summed E-state index contributed by atoms with van der Waals surface area (Å²) in [5.74, 6) is 1.13. The zero-order valence-electron chi connectivity index (χ0n) is 12.1. The van der Waals surface area contributed by atoms with Gasteiger partial charge in [-0.3, -0.25) is 0 Å². The van der Waals surface area contributed by atoms with Gasteiger partial charge in [-0.2, -0.15) is 0 Å². The first kappa shape index (κ1) is 13.8. The highest BCUT2D eigenvalue weighted by Crippen LogP contribution is 2.32. The molecule has 20 heavy (non-hydrogen) atoms. The van der Waals surface area contributed by atoms with Crippen LogP contribution in [0.5, 0.6) is 0 Å². The fraction of sp³-hybridized carbons (Fsp3) is 0.562. The van der Waals surface area contributed by atoms with E-state index in [1.807, 2.05) is 6.20 Å². The van der Waals surface area contributed by atoms with Crippen LogP contribution in [0.2, 0.25) is 0 Å². The van der Waals surface area contributed by atoms with Gasteiger partial charge < -0.3 is 9.88 Å². The maximum Gasteiger partial charge on any atom is 0.150 e. The molecule has 4 heteroatoms. The minimum absolute atomic E-state index is 0.528. The Morgan fingerprint density at radius 1 is 1.25 bits per heavy atom. The van der Waals surface area contributed by atoms with E-state index in [4.69, 9.17) is 0 Å². The van der Waals surface area contributed by atoms with E-state index in [1.54, 1.807) is 11.3 Å². The quantitative estimate of drug-likeness (QED) is 0.922. The molecule has 3 nitrogen and oxygen atoms in total. The monoisotopic (exact) mass is 289 g/mol. The van der Waals surface area contributed by atoms with E-state index in [2.05, 4.69) is 45.6 Å². The number of hydrogen-bond acceptors (Lipinski definition) is 3. The second-order valence-corrected chi connectivity index (χ2v) is 6.54. The molecule has 0 saturated heterocycles. The molecule has 1 fully saturated rings. The van der Waals surface area contributed by atoms with E-state index in [1.165, 1.54) is 43.4 Å². The SMILES string of the molecule is CNC1CCCCCCC1n1ccnc1-c1cccs1. The van der Waals surface area contributed by atoms with Crippen LogP contribution in [0.3, 0.4) is 0 Å². The van der Waals surface area contributed by atoms with Crippen LogP contribution in [-0.4, -0.2) is 22.6 Å². The lowest BCUT2D eigenvalue weighted by Crippen LogP contribution is -2.36. The normalized spacial score (nSPS) is 24.2. The Hall–Kier alpha value is -1.13. The summed E-state index contributed by atoms with van der Waals surface area (Å²) in [7, 11) is 2.10. The number of aromatic nitrogens is 2. The standard InChI is InChI=1S/C16H23N3S/c1-17-13-7-4-2-3-5-8-14(13)19-11-10-18-16(19)15-9-6-12-20-15/h6,9-14,17H,2-5,7-8H2,1H3. The molecule has 108 valence electrons. The van der Waals surface area contributed by atoms with Gasteiger partial charge in [-0.05, 0) is 31.3 Å². The Morgan fingerprint density at radius 3 is 2.85 bits per heavy atom.